The Bertz CT molecular complexity index is 1440. The summed E-state index contributed by atoms with van der Waals surface area (Å²) < 4.78 is 18.5. The Morgan fingerprint density at radius 2 is 1.94 bits per heavy atom. The Hall–Kier alpha value is -4.16. The van der Waals surface area contributed by atoms with E-state index >= 15 is 0 Å². The zero-order valence-corrected chi connectivity index (χ0v) is 20.4. The van der Waals surface area contributed by atoms with Crippen molar-refractivity contribution in [3.63, 3.8) is 0 Å². The van der Waals surface area contributed by atoms with Crippen LogP contribution < -0.4 is 15.8 Å². The molecule has 0 saturated carbocycles. The first-order chi connectivity index (χ1) is 17.5. The second kappa shape index (κ2) is 11.5. The second-order valence-corrected chi connectivity index (χ2v) is 9.11. The number of nitrogens with two attached hydrogens (primary N) is 1. The maximum absolute atomic E-state index is 13.1. The van der Waals surface area contributed by atoms with Crippen LogP contribution in [0.1, 0.15) is 11.3 Å². The van der Waals surface area contributed by atoms with E-state index in [-0.39, 0.29) is 36.1 Å². The number of halogens is 1. The van der Waals surface area contributed by atoms with Gasteiger partial charge < -0.3 is 20.9 Å². The van der Waals surface area contributed by atoms with Gasteiger partial charge in [0.15, 0.2) is 5.13 Å². The number of hydrogen-bond acceptors (Lipinski definition) is 9. The Morgan fingerprint density at radius 1 is 1.19 bits per heavy atom. The van der Waals surface area contributed by atoms with E-state index in [9.17, 15) is 9.65 Å². The molecule has 0 amide bonds. The van der Waals surface area contributed by atoms with E-state index in [1.165, 1.54) is 35.2 Å². The van der Waals surface area contributed by atoms with Crippen molar-refractivity contribution in [3.8, 4) is 22.9 Å². The largest absolute Gasteiger partial charge is 0.491 e. The summed E-state index contributed by atoms with van der Waals surface area (Å²) in [5.74, 6) is 0.708. The van der Waals surface area contributed by atoms with Crippen molar-refractivity contribution in [1.29, 1.82) is 5.26 Å². The van der Waals surface area contributed by atoms with Crippen LogP contribution in [0.4, 0.5) is 26.7 Å². The fourth-order valence-electron chi connectivity index (χ4n) is 3.29. The zero-order valence-electron chi connectivity index (χ0n) is 18.7. The van der Waals surface area contributed by atoms with E-state index in [4.69, 9.17) is 22.1 Å². The van der Waals surface area contributed by atoms with Gasteiger partial charge in [0.1, 0.15) is 35.1 Å². The molecule has 8 nitrogen and oxygen atoms in total. The molecular weight excluding hydrogens is 499 g/mol. The molecule has 0 unspecified atom stereocenters. The van der Waals surface area contributed by atoms with Gasteiger partial charge in [0.05, 0.1) is 24.4 Å². The number of ether oxygens (including phenoxy) is 1. The molecule has 2 heterocycles. The number of rotatable bonds is 9. The normalized spacial score (nSPS) is 10.4. The van der Waals surface area contributed by atoms with E-state index in [1.54, 1.807) is 36.4 Å². The second-order valence-electron chi connectivity index (χ2n) is 7.29. The van der Waals surface area contributed by atoms with E-state index < -0.39 is 0 Å². The minimum absolute atomic E-state index is 0.0408. The van der Waals surface area contributed by atoms with Gasteiger partial charge in [-0.3, -0.25) is 0 Å². The zero-order chi connectivity index (χ0) is 25.5. The maximum atomic E-state index is 13.1. The summed E-state index contributed by atoms with van der Waals surface area (Å²) in [6.07, 6.45) is 0. The Labute approximate surface area is 215 Å². The molecule has 180 valence electrons. The molecule has 0 aliphatic rings. The van der Waals surface area contributed by atoms with Crippen LogP contribution in [-0.4, -0.2) is 28.3 Å². The number of thiazole rings is 1. The summed E-state index contributed by atoms with van der Waals surface area (Å²) in [7, 11) is 0. The van der Waals surface area contributed by atoms with Gasteiger partial charge in [-0.25, -0.2) is 19.2 Å². The van der Waals surface area contributed by atoms with Gasteiger partial charge in [-0.05, 0) is 42.0 Å². The third-order valence-electron chi connectivity index (χ3n) is 4.90. The molecule has 0 spiro atoms. The molecule has 0 aliphatic heterocycles. The van der Waals surface area contributed by atoms with Crippen molar-refractivity contribution >= 4 is 45.4 Å². The average molecular weight is 519 g/mol. The van der Waals surface area contributed by atoms with E-state index in [1.807, 2.05) is 5.38 Å². The Kier molecular flexibility index (Phi) is 7.98. The van der Waals surface area contributed by atoms with E-state index in [0.717, 1.165) is 11.4 Å². The van der Waals surface area contributed by atoms with Crippen LogP contribution in [-0.2, 0) is 5.75 Å². The van der Waals surface area contributed by atoms with Gasteiger partial charge in [-0.15, -0.1) is 11.3 Å². The van der Waals surface area contributed by atoms with Crippen molar-refractivity contribution in [2.24, 2.45) is 0 Å². The number of anilines is 3. The van der Waals surface area contributed by atoms with Gasteiger partial charge in [0, 0.05) is 22.4 Å². The molecule has 4 N–H and O–H groups in total. The molecule has 4 aromatic rings. The topological polar surface area (TPSA) is 121 Å². The van der Waals surface area contributed by atoms with Gasteiger partial charge in [0.2, 0.25) is 5.69 Å². The van der Waals surface area contributed by atoms with Crippen LogP contribution in [0.2, 0.25) is 0 Å². The van der Waals surface area contributed by atoms with Crippen molar-refractivity contribution in [1.82, 2.24) is 9.97 Å². The molecule has 0 fully saturated rings. The summed E-state index contributed by atoms with van der Waals surface area (Å²) in [5, 5.41) is 25.0. The molecule has 0 saturated heterocycles. The molecule has 0 bridgehead atoms. The number of nitrogens with zero attached hydrogens (tertiary/aromatic N) is 4. The highest BCUT2D eigenvalue weighted by Gasteiger charge is 2.21. The average Bonchev–Trinajstić information content (AvgIpc) is 3.34. The lowest BCUT2D eigenvalue weighted by atomic mass is 10.00. The number of nitrogen functional groups attached to an aromatic ring is 1. The Balaban J connectivity index is 1.57. The van der Waals surface area contributed by atoms with Crippen LogP contribution in [0, 0.1) is 23.7 Å². The number of aromatic nitrogens is 2. The van der Waals surface area contributed by atoms with Gasteiger partial charge in [-0.1, -0.05) is 23.9 Å². The van der Waals surface area contributed by atoms with Crippen LogP contribution in [0.25, 0.3) is 16.0 Å². The summed E-state index contributed by atoms with van der Waals surface area (Å²) in [5.41, 5.74) is 9.00. The summed E-state index contributed by atoms with van der Waals surface area (Å²) in [6, 6.07) is 15.1. The highest BCUT2D eigenvalue weighted by atomic mass is 32.2. The SMILES string of the molecule is [C-]#[N+]c1c(N)nc(SCc2csc(Nc3ccc(F)cc3)n2)c(C#N)c1-c1ccc(OCCO)cc1. The third kappa shape index (κ3) is 5.73. The standard InChI is InChI=1S/C25H19FN6O2S2/c1-29-22-21(15-2-8-19(9-3-15)34-11-10-33)20(12-27)24(32-23(22)28)35-13-18-14-36-25(31-18)30-17-6-4-16(26)5-7-17/h2-9,14,33H,10-11,13H2,(H2,28,32)(H,30,31). The highest BCUT2D eigenvalue weighted by Crippen LogP contribution is 2.42. The number of thioether (sulfide) groups is 1. The summed E-state index contributed by atoms with van der Waals surface area (Å²) in [6.45, 7) is 7.65. The van der Waals surface area contributed by atoms with E-state index in [0.29, 0.717) is 32.8 Å². The summed E-state index contributed by atoms with van der Waals surface area (Å²) in [4.78, 5) is 12.4. The predicted molar refractivity (Wildman–Crippen MR) is 139 cm³/mol. The first kappa shape index (κ1) is 24.9. The molecule has 0 atom stereocenters. The molecule has 4 rings (SSSR count). The van der Waals surface area contributed by atoms with Crippen molar-refractivity contribution in [2.45, 2.75) is 10.8 Å². The molecule has 36 heavy (non-hydrogen) atoms. The van der Waals surface area contributed by atoms with Crippen LogP contribution >= 0.6 is 23.1 Å². The molecule has 2 aromatic heterocycles. The van der Waals surface area contributed by atoms with Gasteiger partial charge in [0.25, 0.3) is 0 Å². The lowest BCUT2D eigenvalue weighted by Gasteiger charge is -2.13. The third-order valence-corrected chi connectivity index (χ3v) is 6.71. The number of nitrogens with one attached hydrogen (secondary N) is 1. The number of nitriles is 1. The smallest absolute Gasteiger partial charge is 0.236 e. The van der Waals surface area contributed by atoms with Crippen LogP contribution in [0.5, 0.6) is 5.75 Å². The molecular formula is C25H19FN6O2S2. The Morgan fingerprint density at radius 3 is 2.61 bits per heavy atom. The molecule has 2 aromatic carbocycles. The number of pyridine rings is 1. The fraction of sp³-hybridized carbons (Fsp3) is 0.120. The molecule has 11 heteroatoms. The lowest BCUT2D eigenvalue weighted by molar-refractivity contribution is 0.201. The maximum Gasteiger partial charge on any atom is 0.236 e. The lowest BCUT2D eigenvalue weighted by Crippen LogP contribution is -2.02. The monoisotopic (exact) mass is 518 g/mol. The number of aliphatic hydroxyl groups excluding tert-OH is 1. The minimum Gasteiger partial charge on any atom is -0.491 e. The first-order valence-corrected chi connectivity index (χ1v) is 12.4. The highest BCUT2D eigenvalue weighted by molar-refractivity contribution is 7.98. The minimum atomic E-state index is -0.313. The quantitative estimate of drug-likeness (QED) is 0.189. The number of benzene rings is 2. The fourth-order valence-corrected chi connectivity index (χ4v) is 5.01. The first-order valence-electron chi connectivity index (χ1n) is 10.6. The van der Waals surface area contributed by atoms with Crippen LogP contribution in [0.3, 0.4) is 0 Å². The predicted octanol–water partition coefficient (Wildman–Crippen LogP) is 5.76. The number of hydrogen-bond donors (Lipinski definition) is 3. The van der Waals surface area contributed by atoms with Crippen molar-refractivity contribution in [3.05, 3.63) is 82.4 Å². The molecule has 0 aliphatic carbocycles. The summed E-state index contributed by atoms with van der Waals surface area (Å²) >= 11 is 2.70. The number of aliphatic hydroxyl groups is 1. The van der Waals surface area contributed by atoms with Crippen molar-refractivity contribution < 1.29 is 14.2 Å². The van der Waals surface area contributed by atoms with Crippen molar-refractivity contribution in [2.75, 3.05) is 24.3 Å². The molecule has 0 radical (unpaired) electrons. The van der Waals surface area contributed by atoms with Gasteiger partial charge >= 0.3 is 0 Å². The van der Waals surface area contributed by atoms with Gasteiger partial charge in [-0.2, -0.15) is 5.26 Å². The van der Waals surface area contributed by atoms with Crippen LogP contribution in [0.15, 0.2) is 58.9 Å². The van der Waals surface area contributed by atoms with E-state index in [2.05, 4.69) is 26.2 Å².